The number of amides is 2. The number of hydrogen-bond acceptors (Lipinski definition) is 4. The number of carbonyl (C=O) groups excluding carboxylic acids is 2. The Labute approximate surface area is 143 Å². The summed E-state index contributed by atoms with van der Waals surface area (Å²) in [4.78, 5) is 31.8. The maximum Gasteiger partial charge on any atom is 0.271 e. The molecule has 1 fully saturated rings. The Balaban J connectivity index is 2.58. The van der Waals surface area contributed by atoms with Crippen molar-refractivity contribution in [3.8, 4) is 11.8 Å². The van der Waals surface area contributed by atoms with Gasteiger partial charge in [0.05, 0.1) is 6.54 Å². The van der Waals surface area contributed by atoms with Crippen LogP contribution in [0.25, 0.3) is 0 Å². The molecule has 2 amide bonds. The molecule has 0 radical (unpaired) electrons. The highest BCUT2D eigenvalue weighted by Gasteiger charge is 2.28. The maximum atomic E-state index is 12.4. The first-order valence-corrected chi connectivity index (χ1v) is 8.18. The predicted molar refractivity (Wildman–Crippen MR) is 94.1 cm³/mol. The number of imidazole rings is 1. The zero-order chi connectivity index (χ0) is 17.7. The van der Waals surface area contributed by atoms with Crippen molar-refractivity contribution in [2.45, 2.75) is 33.2 Å². The third kappa shape index (κ3) is 3.53. The summed E-state index contributed by atoms with van der Waals surface area (Å²) >= 11 is 0. The van der Waals surface area contributed by atoms with Crippen molar-refractivity contribution in [1.82, 2.24) is 14.9 Å². The van der Waals surface area contributed by atoms with Crippen LogP contribution in [0.1, 0.15) is 37.2 Å². The lowest BCUT2D eigenvalue weighted by Crippen LogP contribution is -2.36. The molecule has 0 aliphatic carbocycles. The number of nitrogens with one attached hydrogen (secondary N) is 1. The van der Waals surface area contributed by atoms with Crippen LogP contribution in [-0.4, -0.2) is 49.1 Å². The summed E-state index contributed by atoms with van der Waals surface area (Å²) in [5, 5.41) is 2.63. The van der Waals surface area contributed by atoms with E-state index < -0.39 is 0 Å². The quantitative estimate of drug-likeness (QED) is 0.648. The van der Waals surface area contributed by atoms with Crippen molar-refractivity contribution < 1.29 is 9.59 Å². The van der Waals surface area contributed by atoms with Gasteiger partial charge in [-0.15, -0.1) is 5.92 Å². The summed E-state index contributed by atoms with van der Waals surface area (Å²) < 4.78 is 1.81. The third-order valence-electron chi connectivity index (χ3n) is 4.22. The van der Waals surface area contributed by atoms with Crippen molar-refractivity contribution in [3.63, 3.8) is 0 Å². The fraction of sp³-hybridized carbons (Fsp3) is 0.588. The molecule has 1 aromatic rings. The number of nitrogens with zero attached hydrogens (tertiary/aromatic N) is 4. The Morgan fingerprint density at radius 2 is 2.29 bits per heavy atom. The monoisotopic (exact) mass is 331 g/mol. The second-order valence-electron chi connectivity index (χ2n) is 6.09. The number of aromatic nitrogens is 2. The Morgan fingerprint density at radius 3 is 2.88 bits per heavy atom. The summed E-state index contributed by atoms with van der Waals surface area (Å²) in [6.45, 7) is 6.10. The molecule has 0 bridgehead atoms. The smallest absolute Gasteiger partial charge is 0.271 e. The van der Waals surface area contributed by atoms with Crippen molar-refractivity contribution in [2.75, 3.05) is 37.0 Å². The van der Waals surface area contributed by atoms with E-state index in [-0.39, 0.29) is 5.91 Å². The van der Waals surface area contributed by atoms with Gasteiger partial charge >= 0.3 is 0 Å². The third-order valence-corrected chi connectivity index (χ3v) is 4.22. The molecular weight excluding hydrogens is 306 g/mol. The van der Waals surface area contributed by atoms with Gasteiger partial charge in [0.15, 0.2) is 11.5 Å². The van der Waals surface area contributed by atoms with Crippen LogP contribution in [-0.2, 0) is 11.3 Å². The molecule has 0 spiro atoms. The van der Waals surface area contributed by atoms with Crippen LogP contribution in [0.3, 0.4) is 0 Å². The van der Waals surface area contributed by atoms with Gasteiger partial charge in [0.1, 0.15) is 0 Å². The molecule has 1 atom stereocenters. The summed E-state index contributed by atoms with van der Waals surface area (Å²) in [5.41, 5.74) is 0.364. The van der Waals surface area contributed by atoms with Crippen molar-refractivity contribution in [3.05, 3.63) is 5.69 Å². The van der Waals surface area contributed by atoms with Crippen LogP contribution in [0, 0.1) is 17.8 Å². The zero-order valence-electron chi connectivity index (χ0n) is 14.8. The Morgan fingerprint density at radius 1 is 1.54 bits per heavy atom. The van der Waals surface area contributed by atoms with E-state index in [1.165, 1.54) is 11.3 Å². The first-order chi connectivity index (χ1) is 11.5. The molecule has 0 unspecified atom stereocenters. The van der Waals surface area contributed by atoms with E-state index in [9.17, 15) is 9.59 Å². The molecule has 2 heterocycles. The topological polar surface area (TPSA) is 70.5 Å². The van der Waals surface area contributed by atoms with Crippen LogP contribution >= 0.6 is 0 Å². The lowest BCUT2D eigenvalue weighted by Gasteiger charge is -2.32. The fourth-order valence-corrected chi connectivity index (χ4v) is 2.99. The molecule has 2 rings (SSSR count). The average Bonchev–Trinajstić information content (AvgIpc) is 2.97. The minimum Gasteiger partial charge on any atom is -0.354 e. The van der Waals surface area contributed by atoms with E-state index >= 15 is 0 Å². The number of piperidine rings is 1. The van der Waals surface area contributed by atoms with Gasteiger partial charge in [0.25, 0.3) is 5.91 Å². The van der Waals surface area contributed by atoms with Crippen molar-refractivity contribution in [2.24, 2.45) is 5.92 Å². The van der Waals surface area contributed by atoms with E-state index in [1.807, 2.05) is 4.57 Å². The van der Waals surface area contributed by atoms with E-state index in [1.54, 1.807) is 21.0 Å². The summed E-state index contributed by atoms with van der Waals surface area (Å²) in [7, 11) is 3.17. The molecule has 1 aromatic heterocycles. The highest BCUT2D eigenvalue weighted by molar-refractivity contribution is 6.00. The fourth-order valence-electron chi connectivity index (χ4n) is 2.99. The highest BCUT2D eigenvalue weighted by Crippen LogP contribution is 2.29. The minimum atomic E-state index is -0.277. The normalized spacial score (nSPS) is 17.0. The van der Waals surface area contributed by atoms with Gasteiger partial charge in [0.2, 0.25) is 12.4 Å². The molecule has 0 aromatic carbocycles. The first kappa shape index (κ1) is 17.9. The molecule has 24 heavy (non-hydrogen) atoms. The number of carbonyl (C=O) groups is 2. The van der Waals surface area contributed by atoms with Gasteiger partial charge < -0.3 is 15.1 Å². The molecule has 1 N–H and O–H groups in total. The summed E-state index contributed by atoms with van der Waals surface area (Å²) in [6.07, 6.45) is 2.93. The van der Waals surface area contributed by atoms with Crippen LogP contribution in [0.5, 0.6) is 0 Å². The van der Waals surface area contributed by atoms with Gasteiger partial charge in [-0.3, -0.25) is 14.2 Å². The molecule has 7 nitrogen and oxygen atoms in total. The molecule has 1 aliphatic heterocycles. The van der Waals surface area contributed by atoms with Gasteiger partial charge in [-0.05, 0) is 25.7 Å². The lowest BCUT2D eigenvalue weighted by atomic mass is 10.0. The number of rotatable bonds is 5. The molecule has 0 saturated carbocycles. The lowest BCUT2D eigenvalue weighted by molar-refractivity contribution is -0.107. The molecular formula is C17H25N5O2. The maximum absolute atomic E-state index is 12.4. The minimum absolute atomic E-state index is 0.277. The standard InChI is InChI=1S/C17H25N5O2/c1-5-6-10-22-14(16(24)18-3)15(20(4)12-23)19-17(22)21-9-7-8-13(2)11-21/h12-13H,7-11H2,1-4H3,(H,18,24)/t13-/m1/s1. The van der Waals surface area contributed by atoms with Gasteiger partial charge in [-0.25, -0.2) is 0 Å². The molecule has 7 heteroatoms. The van der Waals surface area contributed by atoms with Crippen LogP contribution in [0.15, 0.2) is 0 Å². The van der Waals surface area contributed by atoms with E-state index in [0.717, 1.165) is 19.5 Å². The largest absolute Gasteiger partial charge is 0.354 e. The van der Waals surface area contributed by atoms with Crippen molar-refractivity contribution >= 4 is 24.1 Å². The summed E-state index contributed by atoms with van der Waals surface area (Å²) in [5.74, 6) is 7.21. The second-order valence-corrected chi connectivity index (χ2v) is 6.09. The summed E-state index contributed by atoms with van der Waals surface area (Å²) in [6, 6.07) is 0. The van der Waals surface area contributed by atoms with E-state index in [0.29, 0.717) is 36.3 Å². The Kier molecular flexibility index (Phi) is 5.85. The molecule has 1 aliphatic rings. The van der Waals surface area contributed by atoms with Crippen LogP contribution in [0.4, 0.5) is 11.8 Å². The average molecular weight is 331 g/mol. The van der Waals surface area contributed by atoms with Gasteiger partial charge in [-0.2, -0.15) is 4.98 Å². The van der Waals surface area contributed by atoms with Crippen LogP contribution < -0.4 is 15.1 Å². The van der Waals surface area contributed by atoms with Gasteiger partial charge in [0, 0.05) is 27.2 Å². The second kappa shape index (κ2) is 7.86. The highest BCUT2D eigenvalue weighted by atomic mass is 16.2. The van der Waals surface area contributed by atoms with Crippen LogP contribution in [0.2, 0.25) is 0 Å². The van der Waals surface area contributed by atoms with E-state index in [4.69, 9.17) is 0 Å². The van der Waals surface area contributed by atoms with Crippen molar-refractivity contribution in [1.29, 1.82) is 0 Å². The Hall–Kier alpha value is -2.49. The predicted octanol–water partition coefficient (Wildman–Crippen LogP) is 1.09. The number of hydrogen-bond donors (Lipinski definition) is 1. The molecule has 1 saturated heterocycles. The van der Waals surface area contributed by atoms with Gasteiger partial charge in [-0.1, -0.05) is 12.8 Å². The Bertz CT molecular complexity index is 671. The number of anilines is 2. The molecule has 130 valence electrons. The zero-order valence-corrected chi connectivity index (χ0v) is 14.8. The SMILES string of the molecule is CC#CCn1c(N2CCC[C@@H](C)C2)nc(N(C)C=O)c1C(=O)NC. The first-order valence-electron chi connectivity index (χ1n) is 8.18. The van der Waals surface area contributed by atoms with E-state index in [2.05, 4.69) is 34.0 Å².